The Morgan fingerprint density at radius 3 is 2.52 bits per heavy atom. The van der Waals surface area contributed by atoms with Gasteiger partial charge in [0, 0.05) is 18.9 Å². The molecule has 1 atom stereocenters. The molecule has 8 heteroatoms. The minimum absolute atomic E-state index is 0.0212. The van der Waals surface area contributed by atoms with Gasteiger partial charge in [-0.3, -0.25) is 4.79 Å². The highest BCUT2D eigenvalue weighted by Gasteiger charge is 2.29. The Morgan fingerprint density at radius 2 is 1.88 bits per heavy atom. The second kappa shape index (κ2) is 9.83. The zero-order valence-electron chi connectivity index (χ0n) is 14.1. The lowest BCUT2D eigenvalue weighted by molar-refractivity contribution is -0.908. The Bertz CT molecular complexity index is 592. The van der Waals surface area contributed by atoms with E-state index in [1.807, 2.05) is 6.92 Å². The number of likely N-dealkylation sites (tertiary alicyclic amines) is 1. The van der Waals surface area contributed by atoms with Gasteiger partial charge in [0.1, 0.15) is 25.0 Å². The summed E-state index contributed by atoms with van der Waals surface area (Å²) in [4.78, 5) is 13.0. The van der Waals surface area contributed by atoms with Crippen LogP contribution in [-0.4, -0.2) is 50.0 Å². The van der Waals surface area contributed by atoms with Gasteiger partial charge in [0.25, 0.3) is 0 Å². The third-order valence-electron chi connectivity index (χ3n) is 4.24. The van der Waals surface area contributed by atoms with Crippen LogP contribution in [0.1, 0.15) is 19.8 Å². The van der Waals surface area contributed by atoms with Crippen molar-refractivity contribution in [2.75, 3.05) is 32.8 Å². The van der Waals surface area contributed by atoms with Crippen LogP contribution in [0.25, 0.3) is 0 Å². The van der Waals surface area contributed by atoms with Gasteiger partial charge in [-0.05, 0) is 13.0 Å². The van der Waals surface area contributed by atoms with Crippen molar-refractivity contribution >= 4 is 40.8 Å². The molecule has 0 saturated carbocycles. The predicted octanol–water partition coefficient (Wildman–Crippen LogP) is 2.24. The van der Waals surface area contributed by atoms with E-state index in [9.17, 15) is 9.90 Å². The number of esters is 1. The predicted molar refractivity (Wildman–Crippen MR) is 97.9 cm³/mol. The molecule has 1 aliphatic rings. The molecule has 0 radical (unpaired) electrons. The number of benzene rings is 1. The van der Waals surface area contributed by atoms with Crippen molar-refractivity contribution in [2.45, 2.75) is 25.9 Å². The van der Waals surface area contributed by atoms with Crippen molar-refractivity contribution in [3.8, 4) is 5.75 Å². The van der Waals surface area contributed by atoms with Gasteiger partial charge in [-0.2, -0.15) is 0 Å². The van der Waals surface area contributed by atoms with Gasteiger partial charge >= 0.3 is 5.97 Å². The minimum atomic E-state index is -0.639. The molecule has 1 aromatic carbocycles. The van der Waals surface area contributed by atoms with Crippen molar-refractivity contribution in [3.63, 3.8) is 0 Å². The maximum Gasteiger partial charge on any atom is 0.309 e. The highest BCUT2D eigenvalue weighted by molar-refractivity contribution is 6.43. The van der Waals surface area contributed by atoms with Gasteiger partial charge in [-0.25, -0.2) is 0 Å². The van der Waals surface area contributed by atoms with Crippen molar-refractivity contribution in [2.24, 2.45) is 5.92 Å². The Morgan fingerprint density at radius 1 is 1.24 bits per heavy atom. The molecule has 1 aromatic rings. The topological polar surface area (TPSA) is 60.2 Å². The van der Waals surface area contributed by atoms with Gasteiger partial charge in [-0.1, -0.05) is 34.8 Å². The molecule has 0 amide bonds. The third kappa shape index (κ3) is 6.19. The van der Waals surface area contributed by atoms with Crippen molar-refractivity contribution in [3.05, 3.63) is 27.2 Å². The van der Waals surface area contributed by atoms with Crippen LogP contribution in [-0.2, 0) is 9.53 Å². The molecule has 0 aliphatic carbocycles. The number of carbonyl (C=O) groups excluding carboxylic acids is 1. The summed E-state index contributed by atoms with van der Waals surface area (Å²) in [5, 5.41) is 11.3. The van der Waals surface area contributed by atoms with Gasteiger partial charge in [-0.15, -0.1) is 0 Å². The first-order chi connectivity index (χ1) is 11.9. The van der Waals surface area contributed by atoms with Gasteiger partial charge < -0.3 is 19.5 Å². The highest BCUT2D eigenvalue weighted by atomic mass is 35.5. The van der Waals surface area contributed by atoms with E-state index in [4.69, 9.17) is 44.3 Å². The largest absolute Gasteiger partial charge is 0.489 e. The van der Waals surface area contributed by atoms with E-state index in [0.717, 1.165) is 25.9 Å². The molecular formula is C17H23Cl3NO4+. The van der Waals surface area contributed by atoms with E-state index in [2.05, 4.69) is 0 Å². The second-order valence-electron chi connectivity index (χ2n) is 6.14. The summed E-state index contributed by atoms with van der Waals surface area (Å²) in [6, 6.07) is 3.05. The molecule has 140 valence electrons. The molecule has 0 bridgehead atoms. The summed E-state index contributed by atoms with van der Waals surface area (Å²) in [6.07, 6.45) is 0.917. The van der Waals surface area contributed by atoms with Crippen molar-refractivity contribution in [1.29, 1.82) is 0 Å². The normalized spacial score (nSPS) is 21.6. The average Bonchev–Trinajstić information content (AvgIpc) is 2.58. The molecule has 5 nitrogen and oxygen atoms in total. The van der Waals surface area contributed by atoms with E-state index in [0.29, 0.717) is 34.0 Å². The molecule has 0 spiro atoms. The maximum atomic E-state index is 11.7. The summed E-state index contributed by atoms with van der Waals surface area (Å²) in [5.41, 5.74) is 0. The van der Waals surface area contributed by atoms with Gasteiger partial charge in [0.15, 0.2) is 0 Å². The SMILES string of the molecule is CCOC(=O)C1CC[NH+](C[C@H](O)COc2cc(Cl)c(Cl)cc2Cl)CC1. The fourth-order valence-electron chi connectivity index (χ4n) is 2.92. The highest BCUT2D eigenvalue weighted by Crippen LogP contribution is 2.33. The Balaban J connectivity index is 1.75. The molecule has 1 aliphatic heterocycles. The number of rotatable bonds is 7. The first-order valence-electron chi connectivity index (χ1n) is 8.36. The van der Waals surface area contributed by atoms with Crippen LogP contribution < -0.4 is 9.64 Å². The summed E-state index contributed by atoms with van der Waals surface area (Å²) in [7, 11) is 0. The fraction of sp³-hybridized carbons (Fsp3) is 0.588. The van der Waals surface area contributed by atoms with Crippen LogP contribution in [0.3, 0.4) is 0 Å². The van der Waals surface area contributed by atoms with E-state index in [1.54, 1.807) is 0 Å². The number of ether oxygens (including phenoxy) is 2. The van der Waals surface area contributed by atoms with Crippen LogP contribution in [0.4, 0.5) is 0 Å². The first-order valence-corrected chi connectivity index (χ1v) is 9.49. The zero-order chi connectivity index (χ0) is 18.4. The maximum absolute atomic E-state index is 11.7. The number of hydrogen-bond acceptors (Lipinski definition) is 4. The smallest absolute Gasteiger partial charge is 0.309 e. The lowest BCUT2D eigenvalue weighted by Crippen LogP contribution is -3.14. The minimum Gasteiger partial charge on any atom is -0.489 e. The number of aliphatic hydroxyl groups is 1. The van der Waals surface area contributed by atoms with Crippen LogP contribution >= 0.6 is 34.8 Å². The van der Waals surface area contributed by atoms with E-state index in [-0.39, 0.29) is 18.5 Å². The van der Waals surface area contributed by atoms with Crippen molar-refractivity contribution in [1.82, 2.24) is 0 Å². The lowest BCUT2D eigenvalue weighted by atomic mass is 9.97. The van der Waals surface area contributed by atoms with E-state index >= 15 is 0 Å². The number of halogens is 3. The number of quaternary nitrogens is 1. The average molecular weight is 412 g/mol. The summed E-state index contributed by atoms with van der Waals surface area (Å²) in [6.45, 7) is 4.55. The number of hydrogen-bond donors (Lipinski definition) is 2. The molecule has 1 fully saturated rings. The molecule has 2 N–H and O–H groups in total. The summed E-state index contributed by atoms with van der Waals surface area (Å²) < 4.78 is 10.6. The number of piperidine rings is 1. The number of carbonyl (C=O) groups is 1. The van der Waals surface area contributed by atoms with Crippen LogP contribution in [0, 0.1) is 5.92 Å². The molecule has 1 heterocycles. The molecule has 0 unspecified atom stereocenters. The van der Waals surface area contributed by atoms with Gasteiger partial charge in [0.05, 0.1) is 40.7 Å². The summed E-state index contributed by atoms with van der Waals surface area (Å²) in [5.74, 6) is 0.262. The molecule has 2 rings (SSSR count). The first kappa shape index (κ1) is 20.6. The lowest BCUT2D eigenvalue weighted by Gasteiger charge is -2.29. The van der Waals surface area contributed by atoms with Crippen LogP contribution in [0.2, 0.25) is 15.1 Å². The molecule has 0 aromatic heterocycles. The van der Waals surface area contributed by atoms with E-state index < -0.39 is 6.10 Å². The monoisotopic (exact) mass is 410 g/mol. The molecular weight excluding hydrogens is 389 g/mol. The Kier molecular flexibility index (Phi) is 8.10. The van der Waals surface area contributed by atoms with Crippen LogP contribution in [0.15, 0.2) is 12.1 Å². The van der Waals surface area contributed by atoms with Gasteiger partial charge in [0.2, 0.25) is 0 Å². The Hall–Kier alpha value is -0.720. The third-order valence-corrected chi connectivity index (χ3v) is 5.26. The van der Waals surface area contributed by atoms with E-state index in [1.165, 1.54) is 17.0 Å². The standard InChI is InChI=1S/C17H22Cl3NO4/c1-2-24-17(23)11-3-5-21(6-4-11)9-12(22)10-25-16-8-14(19)13(18)7-15(16)20/h7-8,11-12,22H,2-6,9-10H2,1H3/p+1/t12-/m0/s1. The molecule has 1 saturated heterocycles. The van der Waals surface area contributed by atoms with Crippen molar-refractivity contribution < 1.29 is 24.3 Å². The molecule has 25 heavy (non-hydrogen) atoms. The van der Waals surface area contributed by atoms with Crippen LogP contribution in [0.5, 0.6) is 5.75 Å². The number of aliphatic hydroxyl groups excluding tert-OH is 1. The summed E-state index contributed by atoms with van der Waals surface area (Å²) >= 11 is 17.9. The number of nitrogens with one attached hydrogen (secondary N) is 1. The quantitative estimate of drug-likeness (QED) is 0.534. The Labute approximate surface area is 162 Å². The second-order valence-corrected chi connectivity index (χ2v) is 7.36. The zero-order valence-corrected chi connectivity index (χ0v) is 16.3. The fourth-order valence-corrected chi connectivity index (χ4v) is 3.51.